The zero-order chi connectivity index (χ0) is 17.2. The Balaban J connectivity index is 1.56. The number of aromatic nitrogens is 2. The molecule has 25 heavy (non-hydrogen) atoms. The summed E-state index contributed by atoms with van der Waals surface area (Å²) in [7, 11) is 0. The fourth-order valence-electron chi connectivity index (χ4n) is 3.18. The van der Waals surface area contributed by atoms with E-state index in [0.29, 0.717) is 6.61 Å². The number of amides is 1. The summed E-state index contributed by atoms with van der Waals surface area (Å²) in [6.07, 6.45) is 6.04. The predicted octanol–water partition coefficient (Wildman–Crippen LogP) is 3.82. The molecule has 1 aliphatic heterocycles. The third-order valence-electron chi connectivity index (χ3n) is 4.53. The molecule has 0 spiro atoms. The summed E-state index contributed by atoms with van der Waals surface area (Å²) in [5.74, 6) is -0.318. The second-order valence-corrected chi connectivity index (χ2v) is 7.11. The molecule has 1 aliphatic rings. The molecule has 1 aromatic carbocycles. The van der Waals surface area contributed by atoms with E-state index in [0.717, 1.165) is 23.4 Å². The van der Waals surface area contributed by atoms with Crippen molar-refractivity contribution in [1.29, 1.82) is 0 Å². The minimum Gasteiger partial charge on any atom is -0.372 e. The maximum atomic E-state index is 12.9. The van der Waals surface area contributed by atoms with Gasteiger partial charge in [0.15, 0.2) is 0 Å². The topological polar surface area (TPSA) is 56.2 Å². The molecular weight excluding hydrogens is 334 g/mol. The average molecular weight is 353 g/mol. The van der Waals surface area contributed by atoms with Gasteiger partial charge in [-0.2, -0.15) is 0 Å². The fraction of sp³-hybridized carbons (Fsp3) is 0.263. The summed E-state index contributed by atoms with van der Waals surface area (Å²) in [6, 6.07) is 9.78. The number of para-hydroxylation sites is 2. The number of carbonyl (C=O) groups is 1. The lowest BCUT2D eigenvalue weighted by atomic mass is 9.94. The molecule has 0 aliphatic carbocycles. The highest BCUT2D eigenvalue weighted by molar-refractivity contribution is 7.10. The predicted molar refractivity (Wildman–Crippen MR) is 98.1 cm³/mol. The van der Waals surface area contributed by atoms with E-state index < -0.39 is 0 Å². The molecule has 1 amide bonds. The SMILES string of the molecule is C[C@@H](C(=O)Nc1ccccc1-n1ccnc1)[C@@H]1OCCc2sccc21. The molecule has 5 nitrogen and oxygen atoms in total. The Morgan fingerprint density at radius 1 is 1.40 bits per heavy atom. The third-order valence-corrected chi connectivity index (χ3v) is 5.52. The molecule has 3 heterocycles. The first-order valence-electron chi connectivity index (χ1n) is 8.30. The monoisotopic (exact) mass is 353 g/mol. The van der Waals surface area contributed by atoms with Crippen LogP contribution in [0.4, 0.5) is 5.69 Å². The van der Waals surface area contributed by atoms with Gasteiger partial charge in [-0.3, -0.25) is 4.79 Å². The standard InChI is InChI=1S/C19H19N3O2S/c1-13(18-14-7-11-25-17(14)6-10-24-18)19(23)21-15-4-2-3-5-16(15)22-9-8-20-12-22/h2-5,7-9,11-13,18H,6,10H2,1H3,(H,21,23)/t13-,18+/m1/s1. The molecule has 0 radical (unpaired) electrons. The summed E-state index contributed by atoms with van der Waals surface area (Å²) < 4.78 is 7.80. The Kier molecular flexibility index (Phi) is 4.38. The molecule has 3 aromatic rings. The van der Waals surface area contributed by atoms with Gasteiger partial charge < -0.3 is 14.6 Å². The summed E-state index contributed by atoms with van der Waals surface area (Å²) >= 11 is 1.74. The number of benzene rings is 1. The van der Waals surface area contributed by atoms with Crippen molar-refractivity contribution in [1.82, 2.24) is 9.55 Å². The van der Waals surface area contributed by atoms with Crippen LogP contribution in [0.1, 0.15) is 23.5 Å². The number of imidazole rings is 1. The average Bonchev–Trinajstić information content (AvgIpc) is 3.32. The van der Waals surface area contributed by atoms with E-state index in [2.05, 4.69) is 21.7 Å². The van der Waals surface area contributed by atoms with Gasteiger partial charge in [-0.05, 0) is 29.1 Å². The molecule has 0 saturated heterocycles. The van der Waals surface area contributed by atoms with Gasteiger partial charge in [-0.1, -0.05) is 19.1 Å². The number of thiophene rings is 1. The maximum absolute atomic E-state index is 12.9. The Morgan fingerprint density at radius 2 is 2.28 bits per heavy atom. The minimum atomic E-state index is -0.274. The molecule has 1 N–H and O–H groups in total. The van der Waals surface area contributed by atoms with Gasteiger partial charge in [0.2, 0.25) is 5.91 Å². The Morgan fingerprint density at radius 3 is 3.12 bits per heavy atom. The summed E-state index contributed by atoms with van der Waals surface area (Å²) in [4.78, 5) is 18.3. The maximum Gasteiger partial charge on any atom is 0.230 e. The number of hydrogen-bond acceptors (Lipinski definition) is 4. The van der Waals surface area contributed by atoms with Crippen LogP contribution in [-0.4, -0.2) is 22.1 Å². The number of nitrogens with one attached hydrogen (secondary N) is 1. The van der Waals surface area contributed by atoms with Crippen molar-refractivity contribution in [3.63, 3.8) is 0 Å². The molecule has 0 saturated carbocycles. The van der Waals surface area contributed by atoms with Crippen molar-refractivity contribution in [3.05, 3.63) is 64.9 Å². The van der Waals surface area contributed by atoms with Crippen LogP contribution in [-0.2, 0) is 16.0 Å². The highest BCUT2D eigenvalue weighted by Gasteiger charge is 2.31. The van der Waals surface area contributed by atoms with Crippen LogP contribution in [0.25, 0.3) is 5.69 Å². The summed E-state index contributed by atoms with van der Waals surface area (Å²) in [6.45, 7) is 2.59. The van der Waals surface area contributed by atoms with Crippen LogP contribution in [0.15, 0.2) is 54.4 Å². The fourth-order valence-corrected chi connectivity index (χ4v) is 4.08. The van der Waals surface area contributed by atoms with Crippen molar-refractivity contribution < 1.29 is 9.53 Å². The highest BCUT2D eigenvalue weighted by atomic mass is 32.1. The van der Waals surface area contributed by atoms with Crippen LogP contribution in [0, 0.1) is 5.92 Å². The van der Waals surface area contributed by atoms with Crippen LogP contribution >= 0.6 is 11.3 Å². The largest absolute Gasteiger partial charge is 0.372 e. The highest BCUT2D eigenvalue weighted by Crippen LogP contribution is 2.36. The second kappa shape index (κ2) is 6.82. The van der Waals surface area contributed by atoms with E-state index in [9.17, 15) is 4.79 Å². The van der Waals surface area contributed by atoms with Crippen LogP contribution in [0.3, 0.4) is 0 Å². The van der Waals surface area contributed by atoms with E-state index in [-0.39, 0.29) is 17.9 Å². The Labute approximate surface area is 150 Å². The van der Waals surface area contributed by atoms with Gasteiger partial charge in [0, 0.05) is 23.7 Å². The molecule has 6 heteroatoms. The zero-order valence-corrected chi connectivity index (χ0v) is 14.7. The van der Waals surface area contributed by atoms with Gasteiger partial charge in [-0.25, -0.2) is 4.98 Å². The quantitative estimate of drug-likeness (QED) is 0.776. The van der Waals surface area contributed by atoms with Crippen LogP contribution < -0.4 is 5.32 Å². The first-order valence-corrected chi connectivity index (χ1v) is 9.18. The van der Waals surface area contributed by atoms with Crippen LogP contribution in [0.2, 0.25) is 0 Å². The number of hydrogen-bond donors (Lipinski definition) is 1. The lowest BCUT2D eigenvalue weighted by Crippen LogP contribution is -2.30. The lowest BCUT2D eigenvalue weighted by molar-refractivity contribution is -0.125. The lowest BCUT2D eigenvalue weighted by Gasteiger charge is -2.28. The molecule has 4 rings (SSSR count). The van der Waals surface area contributed by atoms with Crippen LogP contribution in [0.5, 0.6) is 0 Å². The molecule has 2 atom stereocenters. The molecule has 128 valence electrons. The van der Waals surface area contributed by atoms with E-state index in [1.807, 2.05) is 42.0 Å². The number of anilines is 1. The van der Waals surface area contributed by atoms with E-state index in [1.165, 1.54) is 4.88 Å². The van der Waals surface area contributed by atoms with E-state index >= 15 is 0 Å². The zero-order valence-electron chi connectivity index (χ0n) is 13.9. The number of rotatable bonds is 4. The minimum absolute atomic E-state index is 0.0448. The van der Waals surface area contributed by atoms with Crippen molar-refractivity contribution >= 4 is 22.9 Å². The number of nitrogens with zero attached hydrogens (tertiary/aromatic N) is 2. The third kappa shape index (κ3) is 3.10. The second-order valence-electron chi connectivity index (χ2n) is 6.11. The van der Waals surface area contributed by atoms with Gasteiger partial charge >= 0.3 is 0 Å². The molecule has 0 fully saturated rings. The van der Waals surface area contributed by atoms with Crippen molar-refractivity contribution in [3.8, 4) is 5.69 Å². The first kappa shape index (κ1) is 16.1. The molecule has 0 bridgehead atoms. The van der Waals surface area contributed by atoms with Crippen molar-refractivity contribution in [2.24, 2.45) is 5.92 Å². The van der Waals surface area contributed by atoms with E-state index in [4.69, 9.17) is 4.74 Å². The first-order chi connectivity index (χ1) is 12.2. The smallest absolute Gasteiger partial charge is 0.230 e. The van der Waals surface area contributed by atoms with Crippen molar-refractivity contribution in [2.75, 3.05) is 11.9 Å². The van der Waals surface area contributed by atoms with Gasteiger partial charge in [0.05, 0.1) is 36.3 Å². The molecular formula is C19H19N3O2S. The Hall–Kier alpha value is -2.44. The number of fused-ring (bicyclic) bond motifs is 1. The summed E-state index contributed by atoms with van der Waals surface area (Å²) in [5, 5.41) is 5.13. The molecule has 2 aromatic heterocycles. The van der Waals surface area contributed by atoms with E-state index in [1.54, 1.807) is 23.9 Å². The van der Waals surface area contributed by atoms with Gasteiger partial charge in [-0.15, -0.1) is 11.3 Å². The normalized spacial score (nSPS) is 17.7. The summed E-state index contributed by atoms with van der Waals surface area (Å²) in [5.41, 5.74) is 2.81. The van der Waals surface area contributed by atoms with Gasteiger partial charge in [0.25, 0.3) is 0 Å². The number of ether oxygens (including phenoxy) is 1. The number of carbonyl (C=O) groups excluding carboxylic acids is 1. The Bertz CT molecular complexity index is 872. The van der Waals surface area contributed by atoms with Gasteiger partial charge in [0.1, 0.15) is 0 Å². The van der Waals surface area contributed by atoms with Crippen molar-refractivity contribution in [2.45, 2.75) is 19.4 Å². The molecule has 0 unspecified atom stereocenters.